The van der Waals surface area contributed by atoms with Crippen LogP contribution in [-0.2, 0) is 11.0 Å². The van der Waals surface area contributed by atoms with E-state index in [-0.39, 0.29) is 22.7 Å². The molecule has 9 heteroatoms. The molecule has 0 aliphatic rings. The third kappa shape index (κ3) is 5.31. The average Bonchev–Trinajstić information content (AvgIpc) is 2.73. The van der Waals surface area contributed by atoms with E-state index in [2.05, 4.69) is 10.6 Å². The zero-order chi connectivity index (χ0) is 23.5. The van der Waals surface area contributed by atoms with E-state index in [0.29, 0.717) is 16.8 Å². The molecule has 32 heavy (non-hydrogen) atoms. The largest absolute Gasteiger partial charge is 0.478 e. The summed E-state index contributed by atoms with van der Waals surface area (Å²) in [7, 11) is 0. The minimum Gasteiger partial charge on any atom is -0.478 e. The second-order valence-corrected chi connectivity index (χ2v) is 6.86. The van der Waals surface area contributed by atoms with Gasteiger partial charge < -0.3 is 15.7 Å². The Kier molecular flexibility index (Phi) is 6.29. The highest BCUT2D eigenvalue weighted by molar-refractivity contribution is 6.08. The van der Waals surface area contributed by atoms with E-state index in [1.54, 1.807) is 30.3 Å². The number of alkyl halides is 3. The molecule has 3 aromatic carbocycles. The number of halogens is 3. The number of carboxylic acid groups (broad SMARTS) is 1. The van der Waals surface area contributed by atoms with Crippen molar-refractivity contribution in [3.8, 4) is 11.1 Å². The van der Waals surface area contributed by atoms with Gasteiger partial charge in [-0.3, -0.25) is 9.59 Å². The Morgan fingerprint density at radius 2 is 1.50 bits per heavy atom. The highest BCUT2D eigenvalue weighted by Gasteiger charge is 2.30. The van der Waals surface area contributed by atoms with Crippen LogP contribution in [0.3, 0.4) is 0 Å². The molecular weight excluding hydrogens is 425 g/mol. The van der Waals surface area contributed by atoms with Gasteiger partial charge in [0.05, 0.1) is 16.8 Å². The first-order chi connectivity index (χ1) is 15.0. The van der Waals surface area contributed by atoms with Crippen LogP contribution in [0, 0.1) is 0 Å². The van der Waals surface area contributed by atoms with Gasteiger partial charge in [-0.2, -0.15) is 13.2 Å². The second-order valence-electron chi connectivity index (χ2n) is 6.86. The lowest BCUT2D eigenvalue weighted by molar-refractivity contribution is -0.137. The molecule has 0 fully saturated rings. The maximum Gasteiger partial charge on any atom is 0.416 e. The fourth-order valence-electron chi connectivity index (χ4n) is 2.99. The molecule has 0 atom stereocenters. The van der Waals surface area contributed by atoms with Crippen molar-refractivity contribution in [1.82, 2.24) is 0 Å². The predicted molar refractivity (Wildman–Crippen MR) is 113 cm³/mol. The van der Waals surface area contributed by atoms with Crippen LogP contribution in [0.25, 0.3) is 11.1 Å². The van der Waals surface area contributed by atoms with Gasteiger partial charge in [0.25, 0.3) is 5.91 Å². The smallest absolute Gasteiger partial charge is 0.416 e. The number of rotatable bonds is 5. The Morgan fingerprint density at radius 1 is 0.844 bits per heavy atom. The lowest BCUT2D eigenvalue weighted by atomic mass is 10.0. The van der Waals surface area contributed by atoms with Gasteiger partial charge in [0.15, 0.2) is 0 Å². The van der Waals surface area contributed by atoms with Crippen molar-refractivity contribution in [3.63, 3.8) is 0 Å². The van der Waals surface area contributed by atoms with Gasteiger partial charge >= 0.3 is 12.1 Å². The summed E-state index contributed by atoms with van der Waals surface area (Å²) in [6.45, 7) is 1.36. The normalized spacial score (nSPS) is 11.0. The van der Waals surface area contributed by atoms with Gasteiger partial charge in [-0.25, -0.2) is 4.79 Å². The van der Waals surface area contributed by atoms with Crippen molar-refractivity contribution >= 4 is 29.2 Å². The molecule has 3 N–H and O–H groups in total. The number of benzene rings is 3. The SMILES string of the molecule is CC(=O)Nc1cccc(-c2ccc(NC(=O)c3ccc(C(F)(F)F)cc3)c(C(=O)O)c2)c1. The molecule has 0 unspecified atom stereocenters. The van der Waals surface area contributed by atoms with Crippen molar-refractivity contribution in [2.24, 2.45) is 0 Å². The molecule has 2 amide bonds. The zero-order valence-electron chi connectivity index (χ0n) is 16.7. The van der Waals surface area contributed by atoms with E-state index < -0.39 is 23.6 Å². The summed E-state index contributed by atoms with van der Waals surface area (Å²) in [6.07, 6.45) is -4.53. The van der Waals surface area contributed by atoms with Gasteiger partial charge in [-0.15, -0.1) is 0 Å². The van der Waals surface area contributed by atoms with Crippen LogP contribution < -0.4 is 10.6 Å². The van der Waals surface area contributed by atoms with E-state index in [9.17, 15) is 32.7 Å². The number of carboxylic acids is 1. The molecule has 0 bridgehead atoms. The van der Waals surface area contributed by atoms with Crippen molar-refractivity contribution in [2.75, 3.05) is 10.6 Å². The highest BCUT2D eigenvalue weighted by atomic mass is 19.4. The summed E-state index contributed by atoms with van der Waals surface area (Å²) in [4.78, 5) is 35.4. The molecule has 0 saturated heterocycles. The van der Waals surface area contributed by atoms with Crippen LogP contribution in [0.4, 0.5) is 24.5 Å². The molecule has 0 saturated carbocycles. The Labute approximate surface area is 180 Å². The number of carbonyl (C=O) groups is 3. The molecule has 0 aliphatic heterocycles. The number of nitrogens with one attached hydrogen (secondary N) is 2. The molecule has 0 aromatic heterocycles. The Hall–Kier alpha value is -4.14. The summed E-state index contributed by atoms with van der Waals surface area (Å²) < 4.78 is 38.1. The molecule has 3 rings (SSSR count). The summed E-state index contributed by atoms with van der Waals surface area (Å²) in [5.41, 5.74) is 0.539. The van der Waals surface area contributed by atoms with Crippen LogP contribution >= 0.6 is 0 Å². The summed E-state index contributed by atoms with van der Waals surface area (Å²) in [5.74, 6) is -2.30. The van der Waals surface area contributed by atoms with Gasteiger partial charge in [0, 0.05) is 18.2 Å². The van der Waals surface area contributed by atoms with Crippen molar-refractivity contribution in [1.29, 1.82) is 0 Å². The minimum atomic E-state index is -4.53. The Bertz CT molecular complexity index is 1190. The van der Waals surface area contributed by atoms with Crippen molar-refractivity contribution < 1.29 is 32.7 Å². The van der Waals surface area contributed by atoms with E-state index in [0.717, 1.165) is 24.3 Å². The third-order valence-corrected chi connectivity index (χ3v) is 4.49. The van der Waals surface area contributed by atoms with E-state index >= 15 is 0 Å². The number of anilines is 2. The van der Waals surface area contributed by atoms with Gasteiger partial charge in [-0.05, 0) is 59.7 Å². The number of hydrogen-bond donors (Lipinski definition) is 3. The number of amides is 2. The maximum atomic E-state index is 12.7. The summed E-state index contributed by atoms with van der Waals surface area (Å²) in [5, 5.41) is 14.6. The molecule has 0 radical (unpaired) electrons. The quantitative estimate of drug-likeness (QED) is 0.501. The van der Waals surface area contributed by atoms with Gasteiger partial charge in [-0.1, -0.05) is 18.2 Å². The molecule has 0 aliphatic carbocycles. The first-order valence-electron chi connectivity index (χ1n) is 9.28. The molecule has 0 heterocycles. The van der Waals surface area contributed by atoms with Crippen LogP contribution in [0.15, 0.2) is 66.7 Å². The standard InChI is InChI=1S/C23H17F3N2O4/c1-13(29)27-18-4-2-3-15(11-18)16-7-10-20(19(12-16)22(31)32)28-21(30)14-5-8-17(9-6-14)23(24,25)26/h2-12H,1H3,(H,27,29)(H,28,30)(H,31,32). The Morgan fingerprint density at radius 3 is 2.09 bits per heavy atom. The number of hydrogen-bond acceptors (Lipinski definition) is 3. The van der Waals surface area contributed by atoms with Gasteiger partial charge in [0.2, 0.25) is 5.91 Å². The van der Waals surface area contributed by atoms with Crippen LogP contribution in [-0.4, -0.2) is 22.9 Å². The summed E-state index contributed by atoms with van der Waals surface area (Å²) >= 11 is 0. The first-order valence-corrected chi connectivity index (χ1v) is 9.28. The number of aromatic carboxylic acids is 1. The fourth-order valence-corrected chi connectivity index (χ4v) is 2.99. The van der Waals surface area contributed by atoms with E-state index in [1.807, 2.05) is 0 Å². The molecular formula is C23H17F3N2O4. The highest BCUT2D eigenvalue weighted by Crippen LogP contribution is 2.30. The van der Waals surface area contributed by atoms with Gasteiger partial charge in [0.1, 0.15) is 0 Å². The summed E-state index contributed by atoms with van der Waals surface area (Å²) in [6, 6.07) is 14.7. The van der Waals surface area contributed by atoms with Crippen LogP contribution in [0.2, 0.25) is 0 Å². The monoisotopic (exact) mass is 442 g/mol. The van der Waals surface area contributed by atoms with E-state index in [4.69, 9.17) is 0 Å². The molecule has 6 nitrogen and oxygen atoms in total. The van der Waals surface area contributed by atoms with E-state index in [1.165, 1.54) is 19.1 Å². The average molecular weight is 442 g/mol. The minimum absolute atomic E-state index is 0.0100. The zero-order valence-corrected chi connectivity index (χ0v) is 16.7. The third-order valence-electron chi connectivity index (χ3n) is 4.49. The topological polar surface area (TPSA) is 95.5 Å². The van der Waals surface area contributed by atoms with Crippen LogP contribution in [0.1, 0.15) is 33.2 Å². The second kappa shape index (κ2) is 8.93. The Balaban J connectivity index is 1.88. The van der Waals surface area contributed by atoms with Crippen molar-refractivity contribution in [3.05, 3.63) is 83.4 Å². The van der Waals surface area contributed by atoms with Crippen LogP contribution in [0.5, 0.6) is 0 Å². The predicted octanol–water partition coefficient (Wildman–Crippen LogP) is 5.28. The molecule has 0 spiro atoms. The molecule has 3 aromatic rings. The fraction of sp³-hybridized carbons (Fsp3) is 0.0870. The lowest BCUT2D eigenvalue weighted by Crippen LogP contribution is -2.15. The lowest BCUT2D eigenvalue weighted by Gasteiger charge is -2.12. The molecule has 164 valence electrons. The number of carbonyl (C=O) groups excluding carboxylic acids is 2. The maximum absolute atomic E-state index is 12.7. The first kappa shape index (κ1) is 22.5. The van der Waals surface area contributed by atoms with Crippen molar-refractivity contribution in [2.45, 2.75) is 13.1 Å².